The second-order valence-corrected chi connectivity index (χ2v) is 5.51. The van der Waals surface area contributed by atoms with Crippen LogP contribution < -0.4 is 5.32 Å². The van der Waals surface area contributed by atoms with Gasteiger partial charge in [0.15, 0.2) is 6.10 Å². The molecule has 8 heteroatoms. The van der Waals surface area contributed by atoms with E-state index >= 15 is 0 Å². The zero-order valence-corrected chi connectivity index (χ0v) is 12.8. The van der Waals surface area contributed by atoms with Gasteiger partial charge in [-0.05, 0) is 40.5 Å². The van der Waals surface area contributed by atoms with Gasteiger partial charge in [0, 0.05) is 12.2 Å². The lowest BCUT2D eigenvalue weighted by Crippen LogP contribution is -2.50. The zero-order valence-electron chi connectivity index (χ0n) is 11.2. The molecule has 1 aromatic rings. The molecule has 0 aromatic heterocycles. The molecule has 114 valence electrons. The third kappa shape index (κ3) is 3.70. The summed E-state index contributed by atoms with van der Waals surface area (Å²) in [5, 5.41) is 11.5. The number of morpholine rings is 1. The molecule has 0 aliphatic carbocycles. The quantitative estimate of drug-likeness (QED) is 0.847. The average molecular weight is 361 g/mol. The average Bonchev–Trinajstić information content (AvgIpc) is 2.44. The molecule has 0 saturated carbocycles. The normalized spacial score (nSPS) is 18.4. The van der Waals surface area contributed by atoms with Crippen LogP contribution in [0, 0.1) is 12.7 Å². The van der Waals surface area contributed by atoms with E-state index in [1.165, 1.54) is 11.0 Å². The summed E-state index contributed by atoms with van der Waals surface area (Å²) in [6.45, 7) is 2.13. The first-order chi connectivity index (χ1) is 9.88. The van der Waals surface area contributed by atoms with Gasteiger partial charge in [0.05, 0.1) is 17.6 Å². The van der Waals surface area contributed by atoms with E-state index in [4.69, 9.17) is 9.84 Å². The number of nitrogens with one attached hydrogen (secondary N) is 1. The molecular formula is C13H14BrFN2O4. The number of anilines is 1. The molecule has 1 saturated heterocycles. The van der Waals surface area contributed by atoms with Gasteiger partial charge in [0.1, 0.15) is 5.82 Å². The smallest absolute Gasteiger partial charge is 0.334 e. The molecule has 0 spiro atoms. The Morgan fingerprint density at radius 2 is 2.24 bits per heavy atom. The summed E-state index contributed by atoms with van der Waals surface area (Å²) < 4.78 is 18.9. The van der Waals surface area contributed by atoms with Gasteiger partial charge in [0.25, 0.3) is 0 Å². The lowest BCUT2D eigenvalue weighted by molar-refractivity contribution is -0.154. The van der Waals surface area contributed by atoms with Crippen LogP contribution in [0.1, 0.15) is 5.56 Å². The minimum atomic E-state index is -1.11. The van der Waals surface area contributed by atoms with Crippen LogP contribution in [0.2, 0.25) is 0 Å². The molecule has 2 amide bonds. The Labute approximate surface area is 129 Å². The van der Waals surface area contributed by atoms with Gasteiger partial charge >= 0.3 is 12.0 Å². The number of aryl methyl sites for hydroxylation is 1. The SMILES string of the molecule is Cc1cc(Br)c(F)cc1NC(=O)N1CCOC(C(=O)O)C1. The van der Waals surface area contributed by atoms with Gasteiger partial charge in [-0.3, -0.25) is 0 Å². The second kappa shape index (κ2) is 6.40. The van der Waals surface area contributed by atoms with E-state index in [-0.39, 0.29) is 19.7 Å². The Morgan fingerprint density at radius 1 is 1.52 bits per heavy atom. The highest BCUT2D eigenvalue weighted by molar-refractivity contribution is 9.10. The highest BCUT2D eigenvalue weighted by atomic mass is 79.9. The fourth-order valence-corrected chi connectivity index (χ4v) is 2.42. The van der Waals surface area contributed by atoms with Crippen molar-refractivity contribution in [2.45, 2.75) is 13.0 Å². The number of carboxylic acids is 1. The van der Waals surface area contributed by atoms with Crippen LogP contribution in [-0.4, -0.2) is 47.8 Å². The number of aliphatic carboxylic acids is 1. The number of carbonyl (C=O) groups excluding carboxylic acids is 1. The third-order valence-electron chi connectivity index (χ3n) is 3.14. The van der Waals surface area contributed by atoms with E-state index in [0.29, 0.717) is 15.7 Å². The van der Waals surface area contributed by atoms with Crippen molar-refractivity contribution in [2.75, 3.05) is 25.0 Å². The number of urea groups is 1. The minimum absolute atomic E-state index is 0.0424. The van der Waals surface area contributed by atoms with Gasteiger partial charge in [-0.1, -0.05) is 0 Å². The van der Waals surface area contributed by atoms with Crippen LogP contribution in [0.25, 0.3) is 0 Å². The Balaban J connectivity index is 2.07. The van der Waals surface area contributed by atoms with E-state index in [0.717, 1.165) is 0 Å². The molecule has 1 aromatic carbocycles. The Kier molecular flexibility index (Phi) is 4.79. The fourth-order valence-electron chi connectivity index (χ4n) is 1.96. The maximum Gasteiger partial charge on any atom is 0.334 e. The van der Waals surface area contributed by atoms with Crippen molar-refractivity contribution < 1.29 is 23.8 Å². The number of benzene rings is 1. The van der Waals surface area contributed by atoms with Crippen LogP contribution >= 0.6 is 15.9 Å². The number of nitrogens with zero attached hydrogens (tertiary/aromatic N) is 1. The second-order valence-electron chi connectivity index (χ2n) is 4.66. The Hall–Kier alpha value is -1.67. The summed E-state index contributed by atoms with van der Waals surface area (Å²) in [6, 6.07) is 2.30. The first-order valence-electron chi connectivity index (χ1n) is 6.24. The predicted molar refractivity (Wildman–Crippen MR) is 76.8 cm³/mol. The van der Waals surface area contributed by atoms with Gasteiger partial charge in [-0.25, -0.2) is 14.0 Å². The van der Waals surface area contributed by atoms with E-state index in [1.807, 2.05) is 0 Å². The summed E-state index contributed by atoms with van der Waals surface area (Å²) in [5.74, 6) is -1.60. The van der Waals surface area contributed by atoms with E-state index in [2.05, 4.69) is 21.2 Å². The molecule has 1 atom stereocenters. The van der Waals surface area contributed by atoms with Crippen molar-refractivity contribution in [1.29, 1.82) is 0 Å². The standard InChI is InChI=1S/C13H14BrFN2O4/c1-7-4-8(14)9(15)5-10(7)16-13(20)17-2-3-21-11(6-17)12(18)19/h4-5,11H,2-3,6H2,1H3,(H,16,20)(H,18,19). The van der Waals surface area contributed by atoms with Crippen molar-refractivity contribution in [1.82, 2.24) is 4.90 Å². The summed E-state index contributed by atoms with van der Waals surface area (Å²) >= 11 is 3.07. The lowest BCUT2D eigenvalue weighted by atomic mass is 10.2. The molecule has 2 rings (SSSR count). The molecule has 1 fully saturated rings. The number of hydrogen-bond acceptors (Lipinski definition) is 3. The van der Waals surface area contributed by atoms with Crippen LogP contribution in [0.3, 0.4) is 0 Å². The molecule has 2 N–H and O–H groups in total. The molecular weight excluding hydrogens is 347 g/mol. The maximum absolute atomic E-state index is 13.5. The number of ether oxygens (including phenoxy) is 1. The Morgan fingerprint density at radius 3 is 2.90 bits per heavy atom. The van der Waals surface area contributed by atoms with Crippen LogP contribution in [-0.2, 0) is 9.53 Å². The van der Waals surface area contributed by atoms with Crippen molar-refractivity contribution in [3.63, 3.8) is 0 Å². The zero-order chi connectivity index (χ0) is 15.6. The predicted octanol–water partition coefficient (Wildman–Crippen LogP) is 2.21. The van der Waals surface area contributed by atoms with E-state index in [1.54, 1.807) is 13.0 Å². The molecule has 6 nitrogen and oxygen atoms in total. The van der Waals surface area contributed by atoms with Crippen LogP contribution in [0.15, 0.2) is 16.6 Å². The number of carbonyl (C=O) groups is 2. The summed E-state index contributed by atoms with van der Waals surface area (Å²) in [7, 11) is 0. The van der Waals surface area contributed by atoms with Crippen LogP contribution in [0.4, 0.5) is 14.9 Å². The number of halogens is 2. The summed E-state index contributed by atoms with van der Waals surface area (Å²) in [5.41, 5.74) is 1.04. The number of rotatable bonds is 2. The minimum Gasteiger partial charge on any atom is -0.479 e. The molecule has 1 aliphatic rings. The van der Waals surface area contributed by atoms with Gasteiger partial charge in [0.2, 0.25) is 0 Å². The number of carboxylic acid groups (broad SMARTS) is 1. The van der Waals surface area contributed by atoms with Gasteiger partial charge < -0.3 is 20.1 Å². The largest absolute Gasteiger partial charge is 0.479 e. The molecule has 0 radical (unpaired) electrons. The third-order valence-corrected chi connectivity index (χ3v) is 3.75. The molecule has 1 unspecified atom stereocenters. The summed E-state index contributed by atoms with van der Waals surface area (Å²) in [4.78, 5) is 24.3. The molecule has 0 bridgehead atoms. The topological polar surface area (TPSA) is 78.9 Å². The van der Waals surface area contributed by atoms with E-state index in [9.17, 15) is 14.0 Å². The number of hydrogen-bond donors (Lipinski definition) is 2. The van der Waals surface area contributed by atoms with Crippen LogP contribution in [0.5, 0.6) is 0 Å². The Bertz CT molecular complexity index is 582. The van der Waals surface area contributed by atoms with Crippen molar-refractivity contribution >= 4 is 33.6 Å². The lowest BCUT2D eigenvalue weighted by Gasteiger charge is -2.31. The first-order valence-corrected chi connectivity index (χ1v) is 7.03. The van der Waals surface area contributed by atoms with Crippen molar-refractivity contribution in [2.24, 2.45) is 0 Å². The summed E-state index contributed by atoms with van der Waals surface area (Å²) in [6.07, 6.45) is -1.03. The maximum atomic E-state index is 13.5. The molecule has 1 heterocycles. The fraction of sp³-hybridized carbons (Fsp3) is 0.385. The van der Waals surface area contributed by atoms with Gasteiger partial charge in [-0.2, -0.15) is 0 Å². The highest BCUT2D eigenvalue weighted by Crippen LogP contribution is 2.24. The monoisotopic (exact) mass is 360 g/mol. The van der Waals surface area contributed by atoms with Gasteiger partial charge in [-0.15, -0.1) is 0 Å². The first kappa shape index (κ1) is 15.7. The molecule has 21 heavy (non-hydrogen) atoms. The van der Waals surface area contributed by atoms with Crippen molar-refractivity contribution in [3.05, 3.63) is 28.0 Å². The van der Waals surface area contributed by atoms with Crippen molar-refractivity contribution in [3.8, 4) is 0 Å². The molecule has 1 aliphatic heterocycles. The number of amides is 2. The highest BCUT2D eigenvalue weighted by Gasteiger charge is 2.29. The van der Waals surface area contributed by atoms with E-state index < -0.39 is 23.9 Å².